The third-order valence-corrected chi connectivity index (χ3v) is 5.15. The minimum Gasteiger partial charge on any atom is -0.330 e. The molecule has 118 valence electrons. The standard InChI is InChI=1S/C19H20BrN3/c20-16-7-8-18-22-19(17(9-10-21)23(18)12-16)15-6-5-13-3-1-2-4-14(13)11-15/h5-8,11-12H,1-4,9-10,21H2. The highest BCUT2D eigenvalue weighted by Gasteiger charge is 2.16. The molecule has 23 heavy (non-hydrogen) atoms. The van der Waals surface area contributed by atoms with Crippen LogP contribution >= 0.6 is 15.9 Å². The van der Waals surface area contributed by atoms with Crippen molar-refractivity contribution >= 4 is 21.6 Å². The Labute approximate surface area is 144 Å². The molecule has 2 N–H and O–H groups in total. The number of fused-ring (bicyclic) bond motifs is 2. The molecule has 1 aliphatic rings. The van der Waals surface area contributed by atoms with Crippen molar-refractivity contribution in [1.29, 1.82) is 0 Å². The first kappa shape index (κ1) is 14.9. The second-order valence-electron chi connectivity index (χ2n) is 6.21. The maximum atomic E-state index is 5.85. The van der Waals surface area contributed by atoms with Crippen LogP contribution in [-0.2, 0) is 19.3 Å². The second kappa shape index (κ2) is 6.10. The lowest BCUT2D eigenvalue weighted by Gasteiger charge is -2.16. The summed E-state index contributed by atoms with van der Waals surface area (Å²) in [5.41, 5.74) is 13.3. The number of imidazole rings is 1. The van der Waals surface area contributed by atoms with Gasteiger partial charge < -0.3 is 10.1 Å². The zero-order chi connectivity index (χ0) is 15.8. The fraction of sp³-hybridized carbons (Fsp3) is 0.316. The lowest BCUT2D eigenvalue weighted by atomic mass is 9.89. The van der Waals surface area contributed by atoms with E-state index in [9.17, 15) is 0 Å². The summed E-state index contributed by atoms with van der Waals surface area (Å²) in [5, 5.41) is 0. The van der Waals surface area contributed by atoms with Crippen molar-refractivity contribution in [1.82, 2.24) is 9.38 Å². The van der Waals surface area contributed by atoms with E-state index >= 15 is 0 Å². The van der Waals surface area contributed by atoms with Gasteiger partial charge in [0.05, 0.1) is 11.4 Å². The van der Waals surface area contributed by atoms with E-state index in [0.29, 0.717) is 6.54 Å². The molecule has 2 aromatic heterocycles. The summed E-state index contributed by atoms with van der Waals surface area (Å²) < 4.78 is 3.21. The van der Waals surface area contributed by atoms with Gasteiger partial charge >= 0.3 is 0 Å². The summed E-state index contributed by atoms with van der Waals surface area (Å²) in [6.07, 6.45) is 7.91. The Kier molecular flexibility index (Phi) is 3.95. The van der Waals surface area contributed by atoms with Crippen molar-refractivity contribution in [2.24, 2.45) is 5.73 Å². The Morgan fingerprint density at radius 1 is 1.09 bits per heavy atom. The van der Waals surface area contributed by atoms with Crippen LogP contribution in [0.5, 0.6) is 0 Å². The molecule has 1 aliphatic carbocycles. The van der Waals surface area contributed by atoms with Crippen LogP contribution in [0.15, 0.2) is 41.0 Å². The van der Waals surface area contributed by atoms with Gasteiger partial charge in [-0.15, -0.1) is 0 Å². The fourth-order valence-electron chi connectivity index (χ4n) is 3.55. The zero-order valence-electron chi connectivity index (χ0n) is 13.1. The quantitative estimate of drug-likeness (QED) is 0.753. The maximum absolute atomic E-state index is 5.85. The first-order chi connectivity index (χ1) is 11.3. The van der Waals surface area contributed by atoms with E-state index in [0.717, 1.165) is 22.2 Å². The van der Waals surface area contributed by atoms with Crippen molar-refractivity contribution in [2.75, 3.05) is 6.54 Å². The van der Waals surface area contributed by atoms with Crippen LogP contribution in [0.2, 0.25) is 0 Å². The molecule has 0 saturated heterocycles. The number of pyridine rings is 1. The molecule has 0 atom stereocenters. The lowest BCUT2D eigenvalue weighted by Crippen LogP contribution is -2.07. The number of aryl methyl sites for hydroxylation is 2. The van der Waals surface area contributed by atoms with Crippen LogP contribution in [0, 0.1) is 0 Å². The molecule has 0 saturated carbocycles. The molecular weight excluding hydrogens is 350 g/mol. The molecule has 4 heteroatoms. The van der Waals surface area contributed by atoms with Crippen LogP contribution in [0.1, 0.15) is 29.7 Å². The van der Waals surface area contributed by atoms with E-state index in [2.05, 4.69) is 44.7 Å². The molecule has 0 amide bonds. The number of nitrogens with zero attached hydrogens (tertiary/aromatic N) is 2. The minimum atomic E-state index is 0.623. The molecule has 0 unspecified atom stereocenters. The van der Waals surface area contributed by atoms with Gasteiger partial charge in [-0.2, -0.15) is 0 Å². The first-order valence-electron chi connectivity index (χ1n) is 8.25. The van der Waals surface area contributed by atoms with E-state index in [-0.39, 0.29) is 0 Å². The number of nitrogens with two attached hydrogens (primary N) is 1. The highest BCUT2D eigenvalue weighted by Crippen LogP contribution is 2.30. The average molecular weight is 370 g/mol. The molecule has 4 rings (SSSR count). The monoisotopic (exact) mass is 369 g/mol. The Morgan fingerprint density at radius 2 is 1.91 bits per heavy atom. The second-order valence-corrected chi connectivity index (χ2v) is 7.13. The molecule has 3 aromatic rings. The first-order valence-corrected chi connectivity index (χ1v) is 9.04. The number of benzene rings is 1. The average Bonchev–Trinajstić information content (AvgIpc) is 2.93. The van der Waals surface area contributed by atoms with E-state index in [1.165, 1.54) is 48.1 Å². The minimum absolute atomic E-state index is 0.623. The topological polar surface area (TPSA) is 43.3 Å². The lowest BCUT2D eigenvalue weighted by molar-refractivity contribution is 0.686. The summed E-state index contributed by atoms with van der Waals surface area (Å²) in [4.78, 5) is 4.88. The van der Waals surface area contributed by atoms with Crippen LogP contribution in [-0.4, -0.2) is 15.9 Å². The SMILES string of the molecule is NCCc1c(-c2ccc3c(c2)CCCC3)nc2ccc(Br)cn12. The van der Waals surface area contributed by atoms with Gasteiger partial charge in [-0.1, -0.05) is 12.1 Å². The molecule has 0 bridgehead atoms. The predicted molar refractivity (Wildman–Crippen MR) is 97.7 cm³/mol. The Balaban J connectivity index is 1.89. The number of rotatable bonds is 3. The molecule has 0 fully saturated rings. The van der Waals surface area contributed by atoms with Crippen LogP contribution in [0.25, 0.3) is 16.9 Å². The van der Waals surface area contributed by atoms with Gasteiger partial charge in [0.2, 0.25) is 0 Å². The van der Waals surface area contributed by atoms with Gasteiger partial charge in [-0.05, 0) is 77.5 Å². The zero-order valence-corrected chi connectivity index (χ0v) is 14.6. The number of aromatic nitrogens is 2. The maximum Gasteiger partial charge on any atom is 0.137 e. The van der Waals surface area contributed by atoms with Crippen molar-refractivity contribution in [3.05, 3.63) is 57.8 Å². The molecule has 1 aromatic carbocycles. The number of hydrogen-bond donors (Lipinski definition) is 1. The highest BCUT2D eigenvalue weighted by molar-refractivity contribution is 9.10. The number of hydrogen-bond acceptors (Lipinski definition) is 2. The predicted octanol–water partition coefficient (Wildman–Crippen LogP) is 4.14. The highest BCUT2D eigenvalue weighted by atomic mass is 79.9. The van der Waals surface area contributed by atoms with Crippen molar-refractivity contribution in [3.8, 4) is 11.3 Å². The van der Waals surface area contributed by atoms with Crippen LogP contribution in [0.3, 0.4) is 0 Å². The Bertz CT molecular complexity index is 866. The fourth-order valence-corrected chi connectivity index (χ4v) is 3.89. The van der Waals surface area contributed by atoms with Crippen molar-refractivity contribution < 1.29 is 0 Å². The molecular formula is C19H20BrN3. The smallest absolute Gasteiger partial charge is 0.137 e. The third kappa shape index (κ3) is 2.70. The largest absolute Gasteiger partial charge is 0.330 e. The van der Waals surface area contributed by atoms with E-state index < -0.39 is 0 Å². The summed E-state index contributed by atoms with van der Waals surface area (Å²) in [6, 6.07) is 10.9. The van der Waals surface area contributed by atoms with Gasteiger partial charge in [-0.3, -0.25) is 0 Å². The van der Waals surface area contributed by atoms with Crippen molar-refractivity contribution in [3.63, 3.8) is 0 Å². The molecule has 2 heterocycles. The summed E-state index contributed by atoms with van der Waals surface area (Å²) in [6.45, 7) is 0.623. The summed E-state index contributed by atoms with van der Waals surface area (Å²) >= 11 is 3.55. The van der Waals surface area contributed by atoms with Gasteiger partial charge in [0, 0.05) is 22.7 Å². The summed E-state index contributed by atoms with van der Waals surface area (Å²) in [5.74, 6) is 0. The van der Waals surface area contributed by atoms with Gasteiger partial charge in [0.15, 0.2) is 0 Å². The Hall–Kier alpha value is -1.65. The van der Waals surface area contributed by atoms with Gasteiger partial charge in [-0.25, -0.2) is 4.98 Å². The van der Waals surface area contributed by atoms with Crippen molar-refractivity contribution in [2.45, 2.75) is 32.1 Å². The van der Waals surface area contributed by atoms with Gasteiger partial charge in [0.25, 0.3) is 0 Å². The molecule has 3 nitrogen and oxygen atoms in total. The number of halogens is 1. The van der Waals surface area contributed by atoms with E-state index in [4.69, 9.17) is 10.7 Å². The van der Waals surface area contributed by atoms with Crippen LogP contribution in [0.4, 0.5) is 0 Å². The van der Waals surface area contributed by atoms with Gasteiger partial charge in [0.1, 0.15) is 5.65 Å². The van der Waals surface area contributed by atoms with E-state index in [1.54, 1.807) is 0 Å². The normalized spacial score (nSPS) is 14.2. The third-order valence-electron chi connectivity index (χ3n) is 4.68. The van der Waals surface area contributed by atoms with Crippen LogP contribution < -0.4 is 5.73 Å². The molecule has 0 radical (unpaired) electrons. The summed E-state index contributed by atoms with van der Waals surface area (Å²) in [7, 11) is 0. The molecule has 0 aliphatic heterocycles. The Morgan fingerprint density at radius 3 is 2.74 bits per heavy atom. The van der Waals surface area contributed by atoms with E-state index in [1.807, 2.05) is 12.1 Å². The molecule has 0 spiro atoms.